The Hall–Kier alpha value is -0.770. The molecule has 1 N–H and O–H groups in total. The van der Waals surface area contributed by atoms with Gasteiger partial charge in [0.25, 0.3) is 0 Å². The molecule has 0 spiro atoms. The average molecular weight is 156 g/mol. The van der Waals surface area contributed by atoms with Gasteiger partial charge in [-0.05, 0) is 12.8 Å². The van der Waals surface area contributed by atoms with E-state index in [2.05, 4.69) is 5.32 Å². The molecule has 2 saturated heterocycles. The largest absolute Gasteiger partial charge is 0.358 e. The first-order valence-electron chi connectivity index (χ1n) is 4.04. The molecule has 0 aliphatic carbocycles. The summed E-state index contributed by atoms with van der Waals surface area (Å²) in [7, 11) is 0. The monoisotopic (exact) mass is 156 g/mol. The van der Waals surface area contributed by atoms with Crippen LogP contribution >= 0.6 is 0 Å². The molecule has 0 aromatic carbocycles. The van der Waals surface area contributed by atoms with Crippen LogP contribution in [0.5, 0.6) is 0 Å². The number of rotatable bonds is 1. The molecule has 0 aromatic heterocycles. The lowest BCUT2D eigenvalue weighted by atomic mass is 10.3. The van der Waals surface area contributed by atoms with Gasteiger partial charge < -0.3 is 10.1 Å². The quantitative estimate of drug-likeness (QED) is 0.587. The summed E-state index contributed by atoms with van der Waals surface area (Å²) in [6, 6.07) is 0.0249. The minimum absolute atomic E-state index is 0.0249. The normalized spacial score (nSPS) is 31.1. The van der Waals surface area contributed by atoms with E-state index >= 15 is 0 Å². The zero-order valence-corrected chi connectivity index (χ0v) is 6.38. The number of hydrogen-bond donors (Lipinski definition) is 1. The van der Waals surface area contributed by atoms with Gasteiger partial charge in [0.1, 0.15) is 6.23 Å². The first-order chi connectivity index (χ1) is 5.38. The van der Waals surface area contributed by atoms with Crippen molar-refractivity contribution < 1.29 is 9.53 Å². The highest BCUT2D eigenvalue weighted by molar-refractivity contribution is 5.76. The smallest absolute Gasteiger partial charge is 0.319 e. The van der Waals surface area contributed by atoms with E-state index in [0.29, 0.717) is 0 Å². The highest BCUT2D eigenvalue weighted by atomic mass is 16.5. The summed E-state index contributed by atoms with van der Waals surface area (Å²) < 4.78 is 5.37. The summed E-state index contributed by atoms with van der Waals surface area (Å²) in [6.07, 6.45) is 2.12. The average Bonchev–Trinajstić information content (AvgIpc) is 2.55. The van der Waals surface area contributed by atoms with Gasteiger partial charge in [-0.2, -0.15) is 0 Å². The molecule has 4 nitrogen and oxygen atoms in total. The van der Waals surface area contributed by atoms with Crippen molar-refractivity contribution in [3.05, 3.63) is 0 Å². The first kappa shape index (κ1) is 6.91. The molecule has 0 aromatic rings. The van der Waals surface area contributed by atoms with E-state index in [1.165, 1.54) is 0 Å². The zero-order valence-electron chi connectivity index (χ0n) is 6.38. The van der Waals surface area contributed by atoms with Crippen molar-refractivity contribution >= 4 is 6.03 Å². The third-order valence-corrected chi connectivity index (χ3v) is 2.14. The van der Waals surface area contributed by atoms with Crippen molar-refractivity contribution in [1.29, 1.82) is 0 Å². The van der Waals surface area contributed by atoms with E-state index in [1.807, 2.05) is 0 Å². The molecule has 2 aliphatic heterocycles. The van der Waals surface area contributed by atoms with Crippen LogP contribution in [0.15, 0.2) is 0 Å². The number of nitrogens with one attached hydrogen (secondary N) is 1. The number of carbonyl (C=O) groups is 1. The van der Waals surface area contributed by atoms with Gasteiger partial charge >= 0.3 is 6.03 Å². The Balaban J connectivity index is 1.97. The maximum Gasteiger partial charge on any atom is 0.319 e. The molecule has 11 heavy (non-hydrogen) atoms. The SMILES string of the molecule is O=C1NCCN1C1CCCO1. The molecular formula is C7H12N2O2. The summed E-state index contributed by atoms with van der Waals surface area (Å²) in [4.78, 5) is 12.9. The van der Waals surface area contributed by atoms with Gasteiger partial charge in [0, 0.05) is 19.7 Å². The molecule has 2 amide bonds. The van der Waals surface area contributed by atoms with Crippen LogP contribution in [-0.2, 0) is 4.74 Å². The fourth-order valence-corrected chi connectivity index (χ4v) is 1.57. The van der Waals surface area contributed by atoms with Crippen LogP contribution in [0.1, 0.15) is 12.8 Å². The summed E-state index contributed by atoms with van der Waals surface area (Å²) in [6.45, 7) is 2.36. The molecule has 2 aliphatic rings. The fraction of sp³-hybridized carbons (Fsp3) is 0.857. The van der Waals surface area contributed by atoms with Crippen molar-refractivity contribution in [1.82, 2.24) is 10.2 Å². The molecule has 1 atom stereocenters. The molecule has 0 bridgehead atoms. The topological polar surface area (TPSA) is 41.6 Å². The molecule has 4 heteroatoms. The Kier molecular flexibility index (Phi) is 1.69. The maximum atomic E-state index is 11.1. The van der Waals surface area contributed by atoms with Gasteiger partial charge in [0.15, 0.2) is 0 Å². The van der Waals surface area contributed by atoms with Crippen molar-refractivity contribution in [2.24, 2.45) is 0 Å². The molecule has 2 rings (SSSR count). The van der Waals surface area contributed by atoms with E-state index in [9.17, 15) is 4.79 Å². The molecule has 1 unspecified atom stereocenters. The zero-order chi connectivity index (χ0) is 7.68. The third-order valence-electron chi connectivity index (χ3n) is 2.14. The van der Waals surface area contributed by atoms with Gasteiger partial charge in [-0.25, -0.2) is 4.79 Å². The summed E-state index contributed by atoms with van der Waals surface area (Å²) >= 11 is 0. The number of urea groups is 1. The molecule has 2 heterocycles. The summed E-state index contributed by atoms with van der Waals surface area (Å²) in [5.74, 6) is 0. The summed E-state index contributed by atoms with van der Waals surface area (Å²) in [5.41, 5.74) is 0. The van der Waals surface area contributed by atoms with Crippen LogP contribution in [0.2, 0.25) is 0 Å². The molecule has 62 valence electrons. The minimum atomic E-state index is 0.0249. The molecule has 0 saturated carbocycles. The third kappa shape index (κ3) is 1.18. The Morgan fingerprint density at radius 2 is 2.55 bits per heavy atom. The number of nitrogens with zero attached hydrogens (tertiary/aromatic N) is 1. The van der Waals surface area contributed by atoms with Crippen LogP contribution < -0.4 is 5.32 Å². The second-order valence-electron chi connectivity index (χ2n) is 2.89. The standard InChI is InChI=1S/C7H12N2O2/c10-7-8-3-4-9(7)6-2-1-5-11-6/h6H,1-5H2,(H,8,10). The van der Waals surface area contributed by atoms with E-state index in [4.69, 9.17) is 4.74 Å². The van der Waals surface area contributed by atoms with E-state index in [0.717, 1.165) is 32.5 Å². The Morgan fingerprint density at radius 1 is 1.64 bits per heavy atom. The van der Waals surface area contributed by atoms with Crippen LogP contribution in [-0.4, -0.2) is 36.9 Å². The molecular weight excluding hydrogens is 144 g/mol. The van der Waals surface area contributed by atoms with Gasteiger partial charge in [0.05, 0.1) is 0 Å². The molecule has 2 fully saturated rings. The lowest BCUT2D eigenvalue weighted by molar-refractivity contribution is 0.0146. The van der Waals surface area contributed by atoms with E-state index in [1.54, 1.807) is 4.90 Å². The van der Waals surface area contributed by atoms with Gasteiger partial charge in [-0.15, -0.1) is 0 Å². The van der Waals surface area contributed by atoms with Crippen LogP contribution in [0.4, 0.5) is 4.79 Å². The van der Waals surface area contributed by atoms with Crippen molar-refractivity contribution in [2.75, 3.05) is 19.7 Å². The van der Waals surface area contributed by atoms with Crippen molar-refractivity contribution in [3.8, 4) is 0 Å². The number of amides is 2. The summed E-state index contributed by atoms with van der Waals surface area (Å²) in [5, 5.41) is 2.75. The molecule has 0 radical (unpaired) electrons. The van der Waals surface area contributed by atoms with Crippen molar-refractivity contribution in [2.45, 2.75) is 19.1 Å². The van der Waals surface area contributed by atoms with E-state index in [-0.39, 0.29) is 12.3 Å². The van der Waals surface area contributed by atoms with Crippen LogP contribution in [0.25, 0.3) is 0 Å². The minimum Gasteiger partial charge on any atom is -0.358 e. The van der Waals surface area contributed by atoms with Crippen LogP contribution in [0, 0.1) is 0 Å². The number of ether oxygens (including phenoxy) is 1. The van der Waals surface area contributed by atoms with Crippen molar-refractivity contribution in [3.63, 3.8) is 0 Å². The predicted octanol–water partition coefficient (Wildman–Crippen LogP) is 0.148. The number of hydrogen-bond acceptors (Lipinski definition) is 2. The first-order valence-corrected chi connectivity index (χ1v) is 4.04. The lowest BCUT2D eigenvalue weighted by Crippen LogP contribution is -2.37. The van der Waals surface area contributed by atoms with Crippen LogP contribution in [0.3, 0.4) is 0 Å². The predicted molar refractivity (Wildman–Crippen MR) is 39.1 cm³/mol. The number of carbonyl (C=O) groups excluding carboxylic acids is 1. The second-order valence-corrected chi connectivity index (χ2v) is 2.89. The Bertz CT molecular complexity index is 166. The Labute approximate surface area is 65.5 Å². The van der Waals surface area contributed by atoms with Gasteiger partial charge in [0.2, 0.25) is 0 Å². The highest BCUT2D eigenvalue weighted by Crippen LogP contribution is 2.17. The van der Waals surface area contributed by atoms with E-state index < -0.39 is 0 Å². The highest BCUT2D eigenvalue weighted by Gasteiger charge is 2.30. The second kappa shape index (κ2) is 2.70. The van der Waals surface area contributed by atoms with Gasteiger partial charge in [-0.1, -0.05) is 0 Å². The lowest BCUT2D eigenvalue weighted by Gasteiger charge is -2.20. The van der Waals surface area contributed by atoms with Gasteiger partial charge in [-0.3, -0.25) is 4.90 Å². The Morgan fingerprint density at radius 3 is 3.09 bits per heavy atom. The maximum absolute atomic E-state index is 11.1. The fourth-order valence-electron chi connectivity index (χ4n) is 1.57.